The molecule has 5 heteroatoms. The minimum absolute atomic E-state index is 0.153. The van der Waals surface area contributed by atoms with Crippen molar-refractivity contribution in [3.05, 3.63) is 34.3 Å². The molecular formula is C14H20BrNO2S. The van der Waals surface area contributed by atoms with Crippen molar-refractivity contribution in [1.29, 1.82) is 0 Å². The summed E-state index contributed by atoms with van der Waals surface area (Å²) in [5.41, 5.74) is 0.865. The van der Waals surface area contributed by atoms with Crippen LogP contribution in [0.5, 0.6) is 0 Å². The van der Waals surface area contributed by atoms with E-state index in [0.29, 0.717) is 5.75 Å². The summed E-state index contributed by atoms with van der Waals surface area (Å²) < 4.78 is 25.0. The third kappa shape index (κ3) is 5.24. The van der Waals surface area contributed by atoms with Gasteiger partial charge >= 0.3 is 0 Å². The van der Waals surface area contributed by atoms with Gasteiger partial charge in [-0.2, -0.15) is 0 Å². The van der Waals surface area contributed by atoms with Crippen LogP contribution in [0.1, 0.15) is 24.8 Å². The van der Waals surface area contributed by atoms with Crippen LogP contribution >= 0.6 is 15.9 Å². The standard InChI is InChI=1S/C14H20BrNO2S/c15-14-6-4-13(5-7-14)12-19(17,18)11-3-10-16-8-1-2-9-16/h4-7H,1-3,8-12H2. The summed E-state index contributed by atoms with van der Waals surface area (Å²) in [6.45, 7) is 3.18. The van der Waals surface area contributed by atoms with Crippen molar-refractivity contribution in [2.75, 3.05) is 25.4 Å². The average Bonchev–Trinajstić information content (AvgIpc) is 2.85. The number of halogens is 1. The summed E-state index contributed by atoms with van der Waals surface area (Å²) in [4.78, 5) is 2.36. The quantitative estimate of drug-likeness (QED) is 0.795. The zero-order chi connectivity index (χ0) is 13.7. The van der Waals surface area contributed by atoms with E-state index in [9.17, 15) is 8.42 Å². The summed E-state index contributed by atoms with van der Waals surface area (Å²) in [5, 5.41) is 0. The maximum absolute atomic E-state index is 12.0. The minimum Gasteiger partial charge on any atom is -0.303 e. The first-order chi connectivity index (χ1) is 9.05. The molecule has 3 nitrogen and oxygen atoms in total. The van der Waals surface area contributed by atoms with Crippen LogP contribution in [0.2, 0.25) is 0 Å². The van der Waals surface area contributed by atoms with E-state index in [4.69, 9.17) is 0 Å². The van der Waals surface area contributed by atoms with Gasteiger partial charge in [0.25, 0.3) is 0 Å². The Balaban J connectivity index is 1.79. The number of sulfone groups is 1. The van der Waals surface area contributed by atoms with Gasteiger partial charge in [-0.3, -0.25) is 0 Å². The highest BCUT2D eigenvalue weighted by atomic mass is 79.9. The lowest BCUT2D eigenvalue weighted by atomic mass is 10.2. The Morgan fingerprint density at radius 2 is 1.74 bits per heavy atom. The van der Waals surface area contributed by atoms with E-state index in [0.717, 1.165) is 36.1 Å². The molecule has 0 bridgehead atoms. The van der Waals surface area contributed by atoms with E-state index in [1.807, 2.05) is 24.3 Å². The van der Waals surface area contributed by atoms with E-state index in [1.54, 1.807) is 0 Å². The molecule has 0 saturated carbocycles. The summed E-state index contributed by atoms with van der Waals surface area (Å²) in [6, 6.07) is 7.49. The van der Waals surface area contributed by atoms with E-state index in [-0.39, 0.29) is 5.75 Å². The molecule has 19 heavy (non-hydrogen) atoms. The second kappa shape index (κ2) is 6.86. The van der Waals surface area contributed by atoms with Crippen molar-refractivity contribution >= 4 is 25.8 Å². The molecule has 1 fully saturated rings. The molecule has 1 heterocycles. The summed E-state index contributed by atoms with van der Waals surface area (Å²) in [5.74, 6) is 0.444. The van der Waals surface area contributed by atoms with Gasteiger partial charge in [-0.15, -0.1) is 0 Å². The van der Waals surface area contributed by atoms with Crippen LogP contribution in [0.3, 0.4) is 0 Å². The van der Waals surface area contributed by atoms with Crippen molar-refractivity contribution in [3.63, 3.8) is 0 Å². The number of hydrogen-bond donors (Lipinski definition) is 0. The highest BCUT2D eigenvalue weighted by molar-refractivity contribution is 9.10. The molecule has 106 valence electrons. The first kappa shape index (κ1) is 15.0. The van der Waals surface area contributed by atoms with E-state index in [2.05, 4.69) is 20.8 Å². The largest absolute Gasteiger partial charge is 0.303 e. The van der Waals surface area contributed by atoms with Crippen molar-refractivity contribution in [1.82, 2.24) is 4.90 Å². The molecular weight excluding hydrogens is 326 g/mol. The Hall–Kier alpha value is -0.390. The predicted molar refractivity (Wildman–Crippen MR) is 81.9 cm³/mol. The highest BCUT2D eigenvalue weighted by Gasteiger charge is 2.15. The zero-order valence-electron chi connectivity index (χ0n) is 11.0. The van der Waals surface area contributed by atoms with Gasteiger partial charge in [-0.05, 0) is 56.6 Å². The van der Waals surface area contributed by atoms with E-state index in [1.165, 1.54) is 12.8 Å². The SMILES string of the molecule is O=S(=O)(CCCN1CCCC1)Cc1ccc(Br)cc1. The van der Waals surface area contributed by atoms with Crippen LogP contribution in [0.25, 0.3) is 0 Å². The lowest BCUT2D eigenvalue weighted by Crippen LogP contribution is -2.23. The topological polar surface area (TPSA) is 37.4 Å². The van der Waals surface area contributed by atoms with Gasteiger partial charge in [0.15, 0.2) is 9.84 Å². The fourth-order valence-corrected chi connectivity index (χ4v) is 4.10. The average molecular weight is 346 g/mol. The molecule has 0 N–H and O–H groups in total. The number of hydrogen-bond acceptors (Lipinski definition) is 3. The van der Waals surface area contributed by atoms with Crippen LogP contribution < -0.4 is 0 Å². The predicted octanol–water partition coefficient (Wildman–Crippen LogP) is 2.85. The molecule has 0 unspecified atom stereocenters. The van der Waals surface area contributed by atoms with Gasteiger partial charge in [0.05, 0.1) is 11.5 Å². The molecule has 1 saturated heterocycles. The molecule has 0 spiro atoms. The van der Waals surface area contributed by atoms with Crippen molar-refractivity contribution in [3.8, 4) is 0 Å². The molecule has 0 aliphatic carbocycles. The molecule has 0 amide bonds. The zero-order valence-corrected chi connectivity index (χ0v) is 13.4. The first-order valence-electron chi connectivity index (χ1n) is 6.72. The third-order valence-electron chi connectivity index (χ3n) is 3.43. The molecule has 0 atom stereocenters. The van der Waals surface area contributed by atoms with Crippen molar-refractivity contribution < 1.29 is 8.42 Å². The van der Waals surface area contributed by atoms with Crippen LogP contribution in [0, 0.1) is 0 Å². The normalized spacial score (nSPS) is 16.9. The van der Waals surface area contributed by atoms with Gasteiger partial charge in [0.1, 0.15) is 0 Å². The fraction of sp³-hybridized carbons (Fsp3) is 0.571. The Kier molecular flexibility index (Phi) is 5.42. The van der Waals surface area contributed by atoms with Crippen molar-refractivity contribution in [2.45, 2.75) is 25.0 Å². The fourth-order valence-electron chi connectivity index (χ4n) is 2.42. The lowest BCUT2D eigenvalue weighted by Gasteiger charge is -2.14. The molecule has 1 aliphatic rings. The Morgan fingerprint density at radius 1 is 1.11 bits per heavy atom. The van der Waals surface area contributed by atoms with Crippen LogP contribution in [-0.2, 0) is 15.6 Å². The molecule has 1 aromatic rings. The smallest absolute Gasteiger partial charge is 0.154 e. The molecule has 0 radical (unpaired) electrons. The number of likely N-dealkylation sites (tertiary alicyclic amines) is 1. The van der Waals surface area contributed by atoms with Crippen LogP contribution in [-0.4, -0.2) is 38.7 Å². The van der Waals surface area contributed by atoms with Gasteiger partial charge in [-0.25, -0.2) is 8.42 Å². The van der Waals surface area contributed by atoms with Crippen LogP contribution in [0.4, 0.5) is 0 Å². The maximum Gasteiger partial charge on any atom is 0.154 e. The Morgan fingerprint density at radius 3 is 2.37 bits per heavy atom. The molecule has 1 aromatic carbocycles. The second-order valence-electron chi connectivity index (χ2n) is 5.12. The van der Waals surface area contributed by atoms with Crippen molar-refractivity contribution in [2.24, 2.45) is 0 Å². The molecule has 0 aromatic heterocycles. The van der Waals surface area contributed by atoms with Crippen LogP contribution in [0.15, 0.2) is 28.7 Å². The first-order valence-corrected chi connectivity index (χ1v) is 9.34. The maximum atomic E-state index is 12.0. The van der Waals surface area contributed by atoms with Gasteiger partial charge < -0.3 is 4.90 Å². The number of benzene rings is 1. The van der Waals surface area contributed by atoms with Gasteiger partial charge in [0.2, 0.25) is 0 Å². The third-order valence-corrected chi connectivity index (χ3v) is 5.64. The van der Waals surface area contributed by atoms with Gasteiger partial charge in [-0.1, -0.05) is 28.1 Å². The lowest BCUT2D eigenvalue weighted by molar-refractivity contribution is 0.340. The van der Waals surface area contributed by atoms with E-state index >= 15 is 0 Å². The summed E-state index contributed by atoms with van der Waals surface area (Å²) >= 11 is 3.35. The Bertz CT molecular complexity index is 493. The number of nitrogens with zero attached hydrogens (tertiary/aromatic N) is 1. The number of rotatable bonds is 6. The molecule has 2 rings (SSSR count). The highest BCUT2D eigenvalue weighted by Crippen LogP contribution is 2.14. The summed E-state index contributed by atoms with van der Waals surface area (Å²) in [6.07, 6.45) is 3.26. The summed E-state index contributed by atoms with van der Waals surface area (Å²) in [7, 11) is -2.98. The second-order valence-corrected chi connectivity index (χ2v) is 8.22. The minimum atomic E-state index is -2.98. The van der Waals surface area contributed by atoms with Gasteiger partial charge in [0, 0.05) is 4.47 Å². The Labute approximate surface area is 124 Å². The molecule has 1 aliphatic heterocycles. The monoisotopic (exact) mass is 345 g/mol. The van der Waals surface area contributed by atoms with E-state index < -0.39 is 9.84 Å².